The van der Waals surface area contributed by atoms with Crippen LogP contribution in [-0.2, 0) is 19.3 Å². The summed E-state index contributed by atoms with van der Waals surface area (Å²) in [5, 5.41) is 15.9. The van der Waals surface area contributed by atoms with Crippen LogP contribution < -0.4 is 5.32 Å². The summed E-state index contributed by atoms with van der Waals surface area (Å²) in [5.74, 6) is 0.626. The molecule has 0 atom stereocenters. The molecule has 6 nitrogen and oxygen atoms in total. The van der Waals surface area contributed by atoms with E-state index in [-0.39, 0.29) is 11.7 Å². The molecule has 10 heteroatoms. The van der Waals surface area contributed by atoms with E-state index in [0.29, 0.717) is 23.7 Å². The van der Waals surface area contributed by atoms with E-state index in [0.717, 1.165) is 0 Å². The van der Waals surface area contributed by atoms with Crippen molar-refractivity contribution in [3.05, 3.63) is 17.2 Å². The number of alkyl halides is 3. The molecular weight excluding hydrogens is 269 g/mol. The highest BCUT2D eigenvalue weighted by molar-refractivity contribution is 7.15. The number of nitrogens with one attached hydrogen (secondary N) is 1. The van der Waals surface area contributed by atoms with Crippen molar-refractivity contribution in [2.24, 2.45) is 0 Å². The number of aryl methyl sites for hydroxylation is 1. The SMILES string of the molecule is CCn1cnnc1CNc1nnc(C(F)(F)F)s1. The number of anilines is 1. The zero-order valence-electron chi connectivity index (χ0n) is 9.27. The maximum atomic E-state index is 12.3. The van der Waals surface area contributed by atoms with Gasteiger partial charge in [0.1, 0.15) is 6.33 Å². The van der Waals surface area contributed by atoms with E-state index in [9.17, 15) is 13.2 Å². The Bertz CT molecular complexity index is 519. The van der Waals surface area contributed by atoms with Crippen molar-refractivity contribution in [3.63, 3.8) is 0 Å². The Morgan fingerprint density at radius 3 is 2.72 bits per heavy atom. The van der Waals surface area contributed by atoms with Crippen LogP contribution >= 0.6 is 11.3 Å². The van der Waals surface area contributed by atoms with Gasteiger partial charge in [0, 0.05) is 6.54 Å². The van der Waals surface area contributed by atoms with Crippen molar-refractivity contribution in [2.45, 2.75) is 26.2 Å². The van der Waals surface area contributed by atoms with E-state index in [1.165, 1.54) is 0 Å². The highest BCUT2D eigenvalue weighted by Crippen LogP contribution is 2.32. The van der Waals surface area contributed by atoms with Crippen molar-refractivity contribution < 1.29 is 13.2 Å². The molecular formula is C8H9F3N6S. The second kappa shape index (κ2) is 4.88. The topological polar surface area (TPSA) is 68.5 Å². The third-order valence-electron chi connectivity index (χ3n) is 2.10. The van der Waals surface area contributed by atoms with Gasteiger partial charge in [0.2, 0.25) is 10.1 Å². The minimum Gasteiger partial charge on any atom is -0.353 e. The van der Waals surface area contributed by atoms with Crippen LogP contribution in [0.1, 0.15) is 17.8 Å². The van der Waals surface area contributed by atoms with Gasteiger partial charge in [-0.2, -0.15) is 13.2 Å². The summed E-state index contributed by atoms with van der Waals surface area (Å²) in [6.07, 6.45) is -2.90. The molecule has 0 radical (unpaired) electrons. The molecule has 0 aromatic carbocycles. The number of aromatic nitrogens is 5. The van der Waals surface area contributed by atoms with E-state index >= 15 is 0 Å². The molecule has 0 aliphatic carbocycles. The zero-order valence-corrected chi connectivity index (χ0v) is 10.1. The van der Waals surface area contributed by atoms with Crippen LogP contribution in [0.3, 0.4) is 0 Å². The Kier molecular flexibility index (Phi) is 3.45. The highest BCUT2D eigenvalue weighted by atomic mass is 32.1. The van der Waals surface area contributed by atoms with Crippen LogP contribution in [0, 0.1) is 0 Å². The second-order valence-corrected chi connectivity index (χ2v) is 4.27. The van der Waals surface area contributed by atoms with Gasteiger partial charge in [-0.1, -0.05) is 11.3 Å². The average molecular weight is 278 g/mol. The minimum atomic E-state index is -4.46. The van der Waals surface area contributed by atoms with E-state index in [1.54, 1.807) is 10.9 Å². The van der Waals surface area contributed by atoms with E-state index in [4.69, 9.17) is 0 Å². The first-order valence-electron chi connectivity index (χ1n) is 5.02. The Labute approximate surface area is 104 Å². The minimum absolute atomic E-state index is 0.105. The van der Waals surface area contributed by atoms with Gasteiger partial charge in [-0.15, -0.1) is 20.4 Å². The van der Waals surface area contributed by atoms with E-state index < -0.39 is 11.2 Å². The molecule has 0 aliphatic rings. The van der Waals surface area contributed by atoms with Crippen molar-refractivity contribution in [1.29, 1.82) is 0 Å². The van der Waals surface area contributed by atoms with Gasteiger partial charge in [0.15, 0.2) is 5.82 Å². The summed E-state index contributed by atoms with van der Waals surface area (Å²) in [6.45, 7) is 2.85. The van der Waals surface area contributed by atoms with Gasteiger partial charge in [-0.25, -0.2) is 0 Å². The molecule has 0 unspecified atom stereocenters. The van der Waals surface area contributed by atoms with Gasteiger partial charge in [-0.3, -0.25) is 0 Å². The summed E-state index contributed by atoms with van der Waals surface area (Å²) < 4.78 is 38.6. The Hall–Kier alpha value is -1.71. The lowest BCUT2D eigenvalue weighted by molar-refractivity contribution is -0.138. The maximum Gasteiger partial charge on any atom is 0.445 e. The predicted octanol–water partition coefficient (Wildman–Crippen LogP) is 1.78. The summed E-state index contributed by atoms with van der Waals surface area (Å²) in [6, 6.07) is 0. The first kappa shape index (κ1) is 12.7. The Balaban J connectivity index is 2.01. The normalized spacial score (nSPS) is 11.8. The lowest BCUT2D eigenvalue weighted by Crippen LogP contribution is -2.07. The second-order valence-electron chi connectivity index (χ2n) is 3.30. The molecule has 0 aliphatic heterocycles. The van der Waals surface area contributed by atoms with Gasteiger partial charge in [-0.05, 0) is 6.92 Å². The molecule has 2 aromatic heterocycles. The van der Waals surface area contributed by atoms with Crippen molar-refractivity contribution in [2.75, 3.05) is 5.32 Å². The summed E-state index contributed by atoms with van der Waals surface area (Å²) in [5.41, 5.74) is 0. The third kappa shape index (κ3) is 2.75. The van der Waals surface area contributed by atoms with Crippen LogP contribution in [0.5, 0.6) is 0 Å². The fraction of sp³-hybridized carbons (Fsp3) is 0.500. The van der Waals surface area contributed by atoms with Crippen molar-refractivity contribution in [1.82, 2.24) is 25.0 Å². The molecule has 0 fully saturated rings. The largest absolute Gasteiger partial charge is 0.445 e. The van der Waals surface area contributed by atoms with Crippen LogP contribution in [0.25, 0.3) is 0 Å². The van der Waals surface area contributed by atoms with Gasteiger partial charge < -0.3 is 9.88 Å². The predicted molar refractivity (Wildman–Crippen MR) is 57.9 cm³/mol. The van der Waals surface area contributed by atoms with Gasteiger partial charge in [0.25, 0.3) is 0 Å². The van der Waals surface area contributed by atoms with Crippen LogP contribution in [0.4, 0.5) is 18.3 Å². The third-order valence-corrected chi connectivity index (χ3v) is 3.03. The average Bonchev–Trinajstić information content (AvgIpc) is 2.94. The Morgan fingerprint density at radius 2 is 2.11 bits per heavy atom. The smallest absolute Gasteiger partial charge is 0.353 e. The standard InChI is InChI=1S/C8H9F3N6S/c1-2-17-4-13-14-5(17)3-12-7-16-15-6(18-7)8(9,10)11/h4H,2-3H2,1H3,(H,12,16). The molecule has 0 bridgehead atoms. The molecule has 0 spiro atoms. The fourth-order valence-electron chi connectivity index (χ4n) is 1.24. The molecule has 2 rings (SSSR count). The van der Waals surface area contributed by atoms with E-state index in [2.05, 4.69) is 25.7 Å². The number of hydrogen-bond donors (Lipinski definition) is 1. The molecule has 0 saturated heterocycles. The van der Waals surface area contributed by atoms with E-state index in [1.807, 2.05) is 6.92 Å². The summed E-state index contributed by atoms with van der Waals surface area (Å²) in [7, 11) is 0. The molecule has 0 saturated carbocycles. The summed E-state index contributed by atoms with van der Waals surface area (Å²) in [4.78, 5) is 0. The molecule has 98 valence electrons. The van der Waals surface area contributed by atoms with Crippen LogP contribution in [0.15, 0.2) is 6.33 Å². The molecule has 18 heavy (non-hydrogen) atoms. The van der Waals surface area contributed by atoms with Crippen LogP contribution in [-0.4, -0.2) is 25.0 Å². The molecule has 2 aromatic rings. The van der Waals surface area contributed by atoms with Crippen molar-refractivity contribution in [3.8, 4) is 0 Å². The molecule has 0 amide bonds. The lowest BCUT2D eigenvalue weighted by atomic mass is 10.5. The monoisotopic (exact) mass is 278 g/mol. The zero-order chi connectivity index (χ0) is 13.2. The van der Waals surface area contributed by atoms with Gasteiger partial charge in [0.05, 0.1) is 6.54 Å². The summed E-state index contributed by atoms with van der Waals surface area (Å²) >= 11 is 0.459. The first-order valence-corrected chi connectivity index (χ1v) is 5.83. The highest BCUT2D eigenvalue weighted by Gasteiger charge is 2.35. The van der Waals surface area contributed by atoms with Gasteiger partial charge >= 0.3 is 6.18 Å². The Morgan fingerprint density at radius 1 is 1.33 bits per heavy atom. The molecule has 1 N–H and O–H groups in total. The lowest BCUT2D eigenvalue weighted by Gasteiger charge is -2.03. The number of rotatable bonds is 4. The quantitative estimate of drug-likeness (QED) is 0.923. The first-order chi connectivity index (χ1) is 8.50. The number of hydrogen-bond acceptors (Lipinski definition) is 6. The maximum absolute atomic E-state index is 12.3. The number of nitrogens with zero attached hydrogens (tertiary/aromatic N) is 5. The molecule has 2 heterocycles. The number of halogens is 3. The van der Waals surface area contributed by atoms with Crippen LogP contribution in [0.2, 0.25) is 0 Å². The fourth-order valence-corrected chi connectivity index (χ4v) is 1.85. The van der Waals surface area contributed by atoms with Crippen molar-refractivity contribution >= 4 is 16.5 Å².